The van der Waals surface area contributed by atoms with Gasteiger partial charge in [-0.15, -0.1) is 0 Å². The highest BCUT2D eigenvalue weighted by Gasteiger charge is 2.37. The fourth-order valence-corrected chi connectivity index (χ4v) is 3.22. The van der Waals surface area contributed by atoms with Crippen LogP contribution in [0.25, 0.3) is 0 Å². The largest absolute Gasteiger partial charge is 0.481 e. The number of likely N-dealkylation sites (tertiary alicyclic amines) is 1. The lowest BCUT2D eigenvalue weighted by molar-refractivity contribution is -0.148. The first-order valence-corrected chi connectivity index (χ1v) is 6.92. The van der Waals surface area contributed by atoms with Gasteiger partial charge in [-0.05, 0) is 12.3 Å². The minimum Gasteiger partial charge on any atom is -0.481 e. The number of rotatable bonds is 2. The van der Waals surface area contributed by atoms with Gasteiger partial charge in [-0.25, -0.2) is 0 Å². The summed E-state index contributed by atoms with van der Waals surface area (Å²) in [4.78, 5) is 35.8. The second-order valence-corrected chi connectivity index (χ2v) is 5.78. The summed E-state index contributed by atoms with van der Waals surface area (Å²) in [7, 11) is 0. The Hall–Kier alpha value is -1.24. The molecule has 0 radical (unpaired) electrons. The maximum Gasteiger partial charge on any atom is 0.306 e. The molecule has 2 N–H and O–H groups in total. The van der Waals surface area contributed by atoms with Crippen LogP contribution in [0.3, 0.4) is 0 Å². The van der Waals surface area contributed by atoms with E-state index in [1.54, 1.807) is 4.90 Å². The zero-order chi connectivity index (χ0) is 13.3. The number of piperidine rings is 1. The first kappa shape index (κ1) is 13.2. The Morgan fingerprint density at radius 2 is 2.22 bits per heavy atom. The smallest absolute Gasteiger partial charge is 0.306 e. The highest BCUT2D eigenvalue weighted by molar-refractivity contribution is 8.14. The Bertz CT molecular complexity index is 387. The molecule has 2 saturated heterocycles. The van der Waals surface area contributed by atoms with Gasteiger partial charge in [0.2, 0.25) is 5.91 Å². The molecule has 2 heterocycles. The van der Waals surface area contributed by atoms with E-state index in [1.165, 1.54) is 0 Å². The Morgan fingerprint density at radius 3 is 2.72 bits per heavy atom. The summed E-state index contributed by atoms with van der Waals surface area (Å²) in [6, 6.07) is -0.448. The molecule has 2 aliphatic heterocycles. The van der Waals surface area contributed by atoms with Crippen LogP contribution in [0.15, 0.2) is 0 Å². The average molecular weight is 272 g/mol. The van der Waals surface area contributed by atoms with Gasteiger partial charge in [-0.3, -0.25) is 14.4 Å². The lowest BCUT2D eigenvalue weighted by Crippen LogP contribution is -2.51. The predicted octanol–water partition coefficient (Wildman–Crippen LogP) is 0.381. The normalized spacial score (nSPS) is 32.2. The van der Waals surface area contributed by atoms with E-state index in [-0.39, 0.29) is 23.0 Å². The number of carbonyl (C=O) groups is 3. The average Bonchev–Trinajstić information content (AvgIpc) is 2.74. The van der Waals surface area contributed by atoms with Crippen LogP contribution < -0.4 is 5.32 Å². The van der Waals surface area contributed by atoms with Crippen LogP contribution in [0.4, 0.5) is 4.79 Å². The Morgan fingerprint density at radius 1 is 1.50 bits per heavy atom. The summed E-state index contributed by atoms with van der Waals surface area (Å²) >= 11 is 1.11. The standard InChI is InChI=1S/C11H16N2O4S/c1-6-4-13(3-2-7(6)10(15)16)9(14)8-5-18-11(17)12-8/h6-8H,2-5H2,1H3,(H,12,17)(H,15,16). The second-order valence-electron chi connectivity index (χ2n) is 4.79. The number of aliphatic carboxylic acids is 1. The molecule has 6 nitrogen and oxygen atoms in total. The number of hydrogen-bond acceptors (Lipinski definition) is 4. The summed E-state index contributed by atoms with van der Waals surface area (Å²) in [5.74, 6) is -0.847. The van der Waals surface area contributed by atoms with Gasteiger partial charge < -0.3 is 15.3 Å². The molecule has 3 unspecified atom stereocenters. The highest BCUT2D eigenvalue weighted by Crippen LogP contribution is 2.25. The minimum atomic E-state index is -0.792. The third-order valence-electron chi connectivity index (χ3n) is 3.51. The summed E-state index contributed by atoms with van der Waals surface area (Å²) in [6.07, 6.45) is 0.482. The van der Waals surface area contributed by atoms with Gasteiger partial charge in [-0.2, -0.15) is 0 Å². The van der Waals surface area contributed by atoms with E-state index in [0.29, 0.717) is 25.3 Å². The Kier molecular flexibility index (Phi) is 3.79. The topological polar surface area (TPSA) is 86.7 Å². The van der Waals surface area contributed by atoms with Crippen LogP contribution >= 0.6 is 11.8 Å². The molecule has 0 aromatic heterocycles. The molecule has 7 heteroatoms. The first-order chi connectivity index (χ1) is 8.49. The van der Waals surface area contributed by atoms with Crippen LogP contribution in [-0.2, 0) is 9.59 Å². The van der Waals surface area contributed by atoms with Crippen molar-refractivity contribution in [2.45, 2.75) is 19.4 Å². The first-order valence-electron chi connectivity index (χ1n) is 5.94. The number of nitrogens with zero attached hydrogens (tertiary/aromatic N) is 1. The third kappa shape index (κ3) is 2.60. The van der Waals surface area contributed by atoms with E-state index in [4.69, 9.17) is 5.11 Å². The molecular formula is C11H16N2O4S. The molecule has 0 bridgehead atoms. The molecule has 18 heavy (non-hydrogen) atoms. The molecule has 0 aromatic carbocycles. The van der Waals surface area contributed by atoms with Crippen LogP contribution in [0.5, 0.6) is 0 Å². The number of carboxylic acid groups (broad SMARTS) is 1. The number of nitrogens with one attached hydrogen (secondary N) is 1. The van der Waals surface area contributed by atoms with Crippen molar-refractivity contribution in [2.24, 2.45) is 11.8 Å². The van der Waals surface area contributed by atoms with Gasteiger partial charge in [0.1, 0.15) is 6.04 Å². The van der Waals surface area contributed by atoms with Gasteiger partial charge in [0.15, 0.2) is 0 Å². The monoisotopic (exact) mass is 272 g/mol. The Balaban J connectivity index is 1.94. The lowest BCUT2D eigenvalue weighted by Gasteiger charge is -2.36. The molecule has 0 saturated carbocycles. The van der Waals surface area contributed by atoms with Crippen molar-refractivity contribution >= 4 is 28.9 Å². The molecule has 2 rings (SSSR count). The van der Waals surface area contributed by atoms with Crippen molar-refractivity contribution in [3.8, 4) is 0 Å². The number of amides is 2. The van der Waals surface area contributed by atoms with E-state index < -0.39 is 12.0 Å². The molecule has 0 aromatic rings. The van der Waals surface area contributed by atoms with E-state index in [0.717, 1.165) is 11.8 Å². The van der Waals surface area contributed by atoms with Gasteiger partial charge in [0.25, 0.3) is 5.24 Å². The molecule has 0 spiro atoms. The SMILES string of the molecule is CC1CN(C(=O)C2CSC(=O)N2)CCC1C(=O)O. The number of carboxylic acids is 1. The summed E-state index contributed by atoms with van der Waals surface area (Å²) in [5.41, 5.74) is 0. The van der Waals surface area contributed by atoms with Gasteiger partial charge >= 0.3 is 5.97 Å². The Labute approximate surface area is 109 Å². The van der Waals surface area contributed by atoms with Crippen molar-refractivity contribution in [1.29, 1.82) is 0 Å². The van der Waals surface area contributed by atoms with E-state index in [1.807, 2.05) is 6.92 Å². The maximum atomic E-state index is 12.1. The van der Waals surface area contributed by atoms with Crippen molar-refractivity contribution < 1.29 is 19.5 Å². The van der Waals surface area contributed by atoms with Gasteiger partial charge in [0, 0.05) is 18.8 Å². The van der Waals surface area contributed by atoms with Crippen molar-refractivity contribution in [2.75, 3.05) is 18.8 Å². The molecule has 2 amide bonds. The van der Waals surface area contributed by atoms with Crippen LogP contribution in [0.1, 0.15) is 13.3 Å². The van der Waals surface area contributed by atoms with Crippen LogP contribution in [0, 0.1) is 11.8 Å². The lowest BCUT2D eigenvalue weighted by atomic mass is 9.87. The van der Waals surface area contributed by atoms with Crippen LogP contribution in [0.2, 0.25) is 0 Å². The zero-order valence-electron chi connectivity index (χ0n) is 10.1. The summed E-state index contributed by atoms with van der Waals surface area (Å²) < 4.78 is 0. The maximum absolute atomic E-state index is 12.1. The van der Waals surface area contributed by atoms with Gasteiger partial charge in [-0.1, -0.05) is 18.7 Å². The minimum absolute atomic E-state index is 0.0510. The van der Waals surface area contributed by atoms with Gasteiger partial charge in [0.05, 0.1) is 5.92 Å². The summed E-state index contributed by atoms with van der Waals surface area (Å²) in [6.45, 7) is 2.75. The van der Waals surface area contributed by atoms with E-state index >= 15 is 0 Å². The third-order valence-corrected chi connectivity index (χ3v) is 4.39. The van der Waals surface area contributed by atoms with Crippen molar-refractivity contribution in [1.82, 2.24) is 10.2 Å². The molecule has 2 fully saturated rings. The quantitative estimate of drug-likeness (QED) is 0.759. The second kappa shape index (κ2) is 5.17. The predicted molar refractivity (Wildman–Crippen MR) is 66.3 cm³/mol. The van der Waals surface area contributed by atoms with Crippen LogP contribution in [-0.4, -0.2) is 52.0 Å². The molecule has 3 atom stereocenters. The van der Waals surface area contributed by atoms with E-state index in [2.05, 4.69) is 5.32 Å². The summed E-state index contributed by atoms with van der Waals surface area (Å²) in [5, 5.41) is 11.5. The highest BCUT2D eigenvalue weighted by atomic mass is 32.2. The van der Waals surface area contributed by atoms with E-state index in [9.17, 15) is 14.4 Å². The molecular weight excluding hydrogens is 256 g/mol. The fourth-order valence-electron chi connectivity index (χ4n) is 2.45. The van der Waals surface area contributed by atoms with Crippen molar-refractivity contribution in [3.05, 3.63) is 0 Å². The fraction of sp³-hybridized carbons (Fsp3) is 0.727. The number of carbonyl (C=O) groups excluding carboxylic acids is 2. The number of thioether (sulfide) groups is 1. The van der Waals surface area contributed by atoms with Crippen molar-refractivity contribution in [3.63, 3.8) is 0 Å². The molecule has 2 aliphatic rings. The molecule has 0 aliphatic carbocycles. The molecule has 100 valence electrons. The number of hydrogen-bond donors (Lipinski definition) is 2. The zero-order valence-corrected chi connectivity index (χ0v) is 10.9.